The van der Waals surface area contributed by atoms with Gasteiger partial charge in [-0.25, -0.2) is 0 Å². The molecule has 0 aliphatic heterocycles. The molecule has 0 aromatic heterocycles. The van der Waals surface area contributed by atoms with E-state index in [-0.39, 0.29) is 5.78 Å². The maximum atomic E-state index is 11.2. The Morgan fingerprint density at radius 2 is 2.08 bits per heavy atom. The molecular formula is C9H7NO2. The number of benzene rings is 1. The summed E-state index contributed by atoms with van der Waals surface area (Å²) >= 11 is 0. The predicted octanol–water partition coefficient (Wildman–Crippen LogP) is 2.21. The van der Waals surface area contributed by atoms with Crippen molar-refractivity contribution in [3.8, 4) is 0 Å². The minimum absolute atomic E-state index is 0.169. The first-order valence-corrected chi connectivity index (χ1v) is 3.81. The lowest BCUT2D eigenvalue weighted by atomic mass is 10.1. The molecule has 0 heterocycles. The molecule has 0 saturated heterocycles. The van der Waals surface area contributed by atoms with Crippen LogP contribution in [0.5, 0.6) is 0 Å². The van der Waals surface area contributed by atoms with Crippen LogP contribution in [0, 0.1) is 4.91 Å². The van der Waals surface area contributed by atoms with Crippen molar-refractivity contribution in [3.05, 3.63) is 34.2 Å². The summed E-state index contributed by atoms with van der Waals surface area (Å²) in [7, 11) is 0. The smallest absolute Gasteiger partial charge is 0.163 e. The molecule has 0 atom stereocenters. The molecule has 1 aromatic rings. The molecule has 0 unspecified atom stereocenters. The monoisotopic (exact) mass is 161 g/mol. The van der Waals surface area contributed by atoms with Gasteiger partial charge < -0.3 is 0 Å². The van der Waals surface area contributed by atoms with Gasteiger partial charge in [0.25, 0.3) is 0 Å². The number of Topliss-reactive ketones (excluding diaryl/α,β-unsaturated/α-hetero) is 1. The van der Waals surface area contributed by atoms with Crippen molar-refractivity contribution >= 4 is 11.5 Å². The van der Waals surface area contributed by atoms with E-state index in [4.69, 9.17) is 0 Å². The molecule has 2 rings (SSSR count). The normalized spacial score (nSPS) is 14.5. The number of ketones is 1. The fourth-order valence-electron chi connectivity index (χ4n) is 1.50. The minimum atomic E-state index is 0.169. The quantitative estimate of drug-likeness (QED) is 0.593. The van der Waals surface area contributed by atoms with Crippen LogP contribution in [0.2, 0.25) is 0 Å². The number of nitroso groups, excluding NO2 is 1. The van der Waals surface area contributed by atoms with E-state index in [1.54, 1.807) is 18.2 Å². The Morgan fingerprint density at radius 3 is 2.83 bits per heavy atom. The van der Waals surface area contributed by atoms with Gasteiger partial charge in [-0.05, 0) is 35.4 Å². The van der Waals surface area contributed by atoms with E-state index >= 15 is 0 Å². The van der Waals surface area contributed by atoms with Gasteiger partial charge in [-0.3, -0.25) is 4.79 Å². The van der Waals surface area contributed by atoms with Gasteiger partial charge in [-0.1, -0.05) is 0 Å². The molecule has 0 bridgehead atoms. The maximum Gasteiger partial charge on any atom is 0.163 e. The summed E-state index contributed by atoms with van der Waals surface area (Å²) in [6.07, 6.45) is 1.31. The third-order valence-electron chi connectivity index (χ3n) is 2.12. The molecule has 1 aliphatic carbocycles. The Hall–Kier alpha value is -1.51. The summed E-state index contributed by atoms with van der Waals surface area (Å²) in [5, 5.41) is 2.81. The Balaban J connectivity index is 2.55. The highest BCUT2D eigenvalue weighted by Gasteiger charge is 2.18. The standard InChI is InChI=1S/C9H7NO2/c11-9-4-1-6-5-7(10-12)2-3-8(6)9/h2-3,5H,1,4H2. The lowest BCUT2D eigenvalue weighted by molar-refractivity contribution is 0.0994. The predicted molar refractivity (Wildman–Crippen MR) is 44.5 cm³/mol. The highest BCUT2D eigenvalue weighted by atomic mass is 16.3. The van der Waals surface area contributed by atoms with E-state index in [2.05, 4.69) is 5.18 Å². The summed E-state index contributed by atoms with van der Waals surface area (Å²) in [6, 6.07) is 4.95. The number of carbonyl (C=O) groups is 1. The highest BCUT2D eigenvalue weighted by molar-refractivity contribution is 6.00. The third kappa shape index (κ3) is 0.942. The van der Waals surface area contributed by atoms with Gasteiger partial charge in [-0.15, -0.1) is 4.91 Å². The van der Waals surface area contributed by atoms with E-state index in [0.29, 0.717) is 12.1 Å². The SMILES string of the molecule is O=Nc1ccc2c(c1)CCC2=O. The lowest BCUT2D eigenvalue weighted by Crippen LogP contribution is -1.89. The van der Waals surface area contributed by atoms with Crippen LogP contribution in [-0.2, 0) is 6.42 Å². The number of fused-ring (bicyclic) bond motifs is 1. The van der Waals surface area contributed by atoms with Crippen LogP contribution in [0.3, 0.4) is 0 Å². The van der Waals surface area contributed by atoms with Crippen LogP contribution in [0.1, 0.15) is 22.3 Å². The van der Waals surface area contributed by atoms with Crippen molar-refractivity contribution in [2.24, 2.45) is 5.18 Å². The van der Waals surface area contributed by atoms with Crippen molar-refractivity contribution in [1.82, 2.24) is 0 Å². The first-order chi connectivity index (χ1) is 5.81. The molecular weight excluding hydrogens is 154 g/mol. The molecule has 60 valence electrons. The Labute approximate surface area is 69.4 Å². The first-order valence-electron chi connectivity index (χ1n) is 3.81. The van der Waals surface area contributed by atoms with Gasteiger partial charge in [0.1, 0.15) is 5.69 Å². The second-order valence-corrected chi connectivity index (χ2v) is 2.86. The number of hydrogen-bond acceptors (Lipinski definition) is 3. The van der Waals surface area contributed by atoms with Gasteiger partial charge in [0.15, 0.2) is 5.78 Å². The van der Waals surface area contributed by atoms with Crippen LogP contribution in [0.4, 0.5) is 5.69 Å². The van der Waals surface area contributed by atoms with Crippen LogP contribution < -0.4 is 0 Å². The van der Waals surface area contributed by atoms with Crippen molar-refractivity contribution in [1.29, 1.82) is 0 Å². The second-order valence-electron chi connectivity index (χ2n) is 2.86. The van der Waals surface area contributed by atoms with Gasteiger partial charge in [-0.2, -0.15) is 0 Å². The van der Waals surface area contributed by atoms with E-state index in [1.807, 2.05) is 0 Å². The number of aryl methyl sites for hydroxylation is 1. The number of hydrogen-bond donors (Lipinski definition) is 0. The fraction of sp³-hybridized carbons (Fsp3) is 0.222. The van der Waals surface area contributed by atoms with E-state index in [9.17, 15) is 9.70 Å². The van der Waals surface area contributed by atoms with Gasteiger partial charge >= 0.3 is 0 Å². The topological polar surface area (TPSA) is 46.5 Å². The molecule has 12 heavy (non-hydrogen) atoms. The van der Waals surface area contributed by atoms with Gasteiger partial charge in [0.2, 0.25) is 0 Å². The molecule has 3 nitrogen and oxygen atoms in total. The largest absolute Gasteiger partial charge is 0.294 e. The van der Waals surface area contributed by atoms with Crippen LogP contribution in [0.25, 0.3) is 0 Å². The highest BCUT2D eigenvalue weighted by Crippen LogP contribution is 2.25. The molecule has 0 amide bonds. The molecule has 1 aliphatic rings. The summed E-state index contributed by atoms with van der Waals surface area (Å²) in [5.41, 5.74) is 2.11. The Bertz CT molecular complexity index is 358. The van der Waals surface area contributed by atoms with Gasteiger partial charge in [0, 0.05) is 12.0 Å². The summed E-state index contributed by atoms with van der Waals surface area (Å²) in [6.45, 7) is 0. The zero-order valence-electron chi connectivity index (χ0n) is 6.41. The zero-order valence-corrected chi connectivity index (χ0v) is 6.41. The average Bonchev–Trinajstić information content (AvgIpc) is 2.47. The van der Waals surface area contributed by atoms with Crippen molar-refractivity contribution in [3.63, 3.8) is 0 Å². The molecule has 0 saturated carbocycles. The van der Waals surface area contributed by atoms with Crippen LogP contribution in [-0.4, -0.2) is 5.78 Å². The van der Waals surface area contributed by atoms with Crippen LogP contribution >= 0.6 is 0 Å². The number of rotatable bonds is 1. The molecule has 0 spiro atoms. The van der Waals surface area contributed by atoms with Gasteiger partial charge in [0.05, 0.1) is 0 Å². The first kappa shape index (κ1) is 7.16. The second kappa shape index (κ2) is 2.52. The van der Waals surface area contributed by atoms with Crippen molar-refractivity contribution in [2.45, 2.75) is 12.8 Å². The van der Waals surface area contributed by atoms with E-state index < -0.39 is 0 Å². The molecule has 0 radical (unpaired) electrons. The number of nitrogens with zero attached hydrogens (tertiary/aromatic N) is 1. The molecule has 0 fully saturated rings. The summed E-state index contributed by atoms with van der Waals surface area (Å²) < 4.78 is 0. The minimum Gasteiger partial charge on any atom is -0.294 e. The zero-order chi connectivity index (χ0) is 8.55. The number of carbonyl (C=O) groups excluding carboxylic acids is 1. The third-order valence-corrected chi connectivity index (χ3v) is 2.12. The lowest BCUT2D eigenvalue weighted by Gasteiger charge is -1.95. The fourth-order valence-corrected chi connectivity index (χ4v) is 1.50. The van der Waals surface area contributed by atoms with Crippen molar-refractivity contribution in [2.75, 3.05) is 0 Å². The Kier molecular flexibility index (Phi) is 1.50. The van der Waals surface area contributed by atoms with E-state index in [1.165, 1.54) is 0 Å². The molecule has 0 N–H and O–H groups in total. The van der Waals surface area contributed by atoms with Crippen LogP contribution in [0.15, 0.2) is 23.4 Å². The molecule has 1 aromatic carbocycles. The summed E-state index contributed by atoms with van der Waals surface area (Å²) in [5.74, 6) is 0.169. The van der Waals surface area contributed by atoms with E-state index in [0.717, 1.165) is 17.5 Å². The molecule has 3 heteroatoms. The average molecular weight is 161 g/mol. The maximum absolute atomic E-state index is 11.2. The Morgan fingerprint density at radius 1 is 1.25 bits per heavy atom. The van der Waals surface area contributed by atoms with Crippen molar-refractivity contribution < 1.29 is 4.79 Å². The summed E-state index contributed by atoms with van der Waals surface area (Å²) in [4.78, 5) is 21.3.